The first kappa shape index (κ1) is 16.2. The summed E-state index contributed by atoms with van der Waals surface area (Å²) in [7, 11) is 0. The third kappa shape index (κ3) is 2.67. The highest BCUT2D eigenvalue weighted by Gasteiger charge is 2.61. The lowest BCUT2D eigenvalue weighted by molar-refractivity contribution is -0.170. The number of aliphatic hydroxyl groups excluding tert-OH is 2. The van der Waals surface area contributed by atoms with Gasteiger partial charge in [-0.15, -0.1) is 0 Å². The van der Waals surface area contributed by atoms with E-state index in [2.05, 4.69) is 6.92 Å². The predicted molar refractivity (Wildman–Crippen MR) is 86.2 cm³/mol. The van der Waals surface area contributed by atoms with Gasteiger partial charge in [0, 0.05) is 17.3 Å². The number of carbonyl (C=O) groups excluding carboxylic acids is 1. The molecule has 3 aliphatic carbocycles. The first-order chi connectivity index (χ1) is 10.4. The summed E-state index contributed by atoms with van der Waals surface area (Å²) in [6, 6.07) is 0. The van der Waals surface area contributed by atoms with Gasteiger partial charge in [-0.2, -0.15) is 0 Å². The highest BCUT2D eigenvalue weighted by atomic mass is 16.3. The van der Waals surface area contributed by atoms with E-state index in [1.807, 2.05) is 19.1 Å². The molecular weight excluding hydrogens is 276 g/mol. The number of aliphatic hydroxyl groups is 2. The summed E-state index contributed by atoms with van der Waals surface area (Å²) in [5, 5.41) is 20.6. The van der Waals surface area contributed by atoms with Gasteiger partial charge in [-0.3, -0.25) is 4.79 Å². The van der Waals surface area contributed by atoms with E-state index in [1.165, 1.54) is 25.7 Å². The smallest absolute Gasteiger partial charge is 0.142 e. The molecule has 3 nitrogen and oxygen atoms in total. The minimum atomic E-state index is -0.408. The Labute approximate surface area is 133 Å². The van der Waals surface area contributed by atoms with Crippen molar-refractivity contribution in [3.8, 4) is 0 Å². The van der Waals surface area contributed by atoms with E-state index in [9.17, 15) is 15.0 Å². The van der Waals surface area contributed by atoms with Gasteiger partial charge in [0.2, 0.25) is 0 Å². The zero-order valence-corrected chi connectivity index (χ0v) is 13.9. The van der Waals surface area contributed by atoms with Gasteiger partial charge in [0.05, 0.1) is 12.2 Å². The molecule has 2 N–H and O–H groups in total. The third-order valence-corrected chi connectivity index (χ3v) is 6.67. The van der Waals surface area contributed by atoms with Crippen molar-refractivity contribution in [3.05, 3.63) is 12.2 Å². The monoisotopic (exact) mass is 306 g/mol. The molecular formula is C19H30O3. The van der Waals surface area contributed by atoms with Crippen LogP contribution in [0.1, 0.15) is 58.8 Å². The molecule has 0 spiro atoms. The van der Waals surface area contributed by atoms with Gasteiger partial charge in [0.1, 0.15) is 5.78 Å². The molecule has 0 aromatic rings. The van der Waals surface area contributed by atoms with Gasteiger partial charge < -0.3 is 10.2 Å². The van der Waals surface area contributed by atoms with Gasteiger partial charge in [-0.25, -0.2) is 0 Å². The first-order valence-corrected chi connectivity index (χ1v) is 9.02. The molecule has 0 saturated heterocycles. The maximum atomic E-state index is 12.2. The van der Waals surface area contributed by atoms with Crippen molar-refractivity contribution in [1.82, 2.24) is 0 Å². The Hall–Kier alpha value is -0.670. The minimum absolute atomic E-state index is 0.0182. The second kappa shape index (κ2) is 6.09. The summed E-state index contributed by atoms with van der Waals surface area (Å²) in [5.74, 6) is 1.31. The Morgan fingerprint density at radius 1 is 1.32 bits per heavy atom. The van der Waals surface area contributed by atoms with Crippen LogP contribution in [0.15, 0.2) is 12.2 Å². The highest BCUT2D eigenvalue weighted by Crippen LogP contribution is 2.58. The van der Waals surface area contributed by atoms with Crippen LogP contribution in [0.3, 0.4) is 0 Å². The summed E-state index contributed by atoms with van der Waals surface area (Å²) >= 11 is 0. The summed E-state index contributed by atoms with van der Waals surface area (Å²) < 4.78 is 0. The van der Waals surface area contributed by atoms with Crippen molar-refractivity contribution in [3.63, 3.8) is 0 Å². The molecule has 0 aliphatic heterocycles. The molecule has 3 fully saturated rings. The topological polar surface area (TPSA) is 57.5 Å². The Balaban J connectivity index is 1.64. The molecule has 0 aromatic heterocycles. The Kier molecular flexibility index (Phi) is 4.48. The van der Waals surface area contributed by atoms with Crippen LogP contribution in [-0.4, -0.2) is 28.2 Å². The summed E-state index contributed by atoms with van der Waals surface area (Å²) in [4.78, 5) is 12.2. The van der Waals surface area contributed by atoms with Crippen LogP contribution in [0.25, 0.3) is 0 Å². The molecule has 6 atom stereocenters. The van der Waals surface area contributed by atoms with Crippen LogP contribution in [0.5, 0.6) is 0 Å². The van der Waals surface area contributed by atoms with E-state index in [0.29, 0.717) is 18.1 Å². The van der Waals surface area contributed by atoms with Crippen LogP contribution < -0.4 is 0 Å². The predicted octanol–water partition coefficient (Wildman–Crippen LogP) is 3.10. The molecule has 0 radical (unpaired) electrons. The van der Waals surface area contributed by atoms with Crippen molar-refractivity contribution < 1.29 is 15.0 Å². The van der Waals surface area contributed by atoms with Crippen LogP contribution in [0.2, 0.25) is 0 Å². The molecule has 0 amide bonds. The maximum Gasteiger partial charge on any atom is 0.142 e. The fourth-order valence-corrected chi connectivity index (χ4v) is 5.40. The molecule has 22 heavy (non-hydrogen) atoms. The van der Waals surface area contributed by atoms with E-state index < -0.39 is 6.10 Å². The molecule has 0 aromatic carbocycles. The second-order valence-corrected chi connectivity index (χ2v) is 8.12. The normalized spacial score (nSPS) is 44.1. The molecule has 124 valence electrons. The number of hydrogen-bond donors (Lipinski definition) is 2. The lowest BCUT2D eigenvalue weighted by atomic mass is 9.45. The number of ketones is 1. The highest BCUT2D eigenvalue weighted by molar-refractivity contribution is 5.93. The van der Waals surface area contributed by atoms with E-state index in [4.69, 9.17) is 0 Å². The average Bonchev–Trinajstić information content (AvgIpc) is 3.00. The number of carbonyl (C=O) groups is 1. The number of rotatable bonds is 4. The van der Waals surface area contributed by atoms with Crippen LogP contribution in [0.4, 0.5) is 0 Å². The van der Waals surface area contributed by atoms with Crippen molar-refractivity contribution in [2.45, 2.75) is 71.0 Å². The van der Waals surface area contributed by atoms with Crippen molar-refractivity contribution in [2.75, 3.05) is 0 Å². The average molecular weight is 306 g/mol. The third-order valence-electron chi connectivity index (χ3n) is 6.67. The Morgan fingerprint density at radius 2 is 2.00 bits per heavy atom. The zero-order chi connectivity index (χ0) is 15.9. The largest absolute Gasteiger partial charge is 0.393 e. The SMILES string of the molecule is CC1C(=O)[C@@]2(C)CC[C@@H](O)[C@H](C=C[C@@H](O)CC3CCCC3)[C@@H]12. The van der Waals surface area contributed by atoms with Crippen LogP contribution >= 0.6 is 0 Å². The minimum Gasteiger partial charge on any atom is -0.393 e. The van der Waals surface area contributed by atoms with Crippen molar-refractivity contribution in [2.24, 2.45) is 29.1 Å². The van der Waals surface area contributed by atoms with E-state index in [0.717, 1.165) is 12.8 Å². The van der Waals surface area contributed by atoms with Gasteiger partial charge in [0.15, 0.2) is 0 Å². The van der Waals surface area contributed by atoms with Gasteiger partial charge in [-0.05, 0) is 31.1 Å². The van der Waals surface area contributed by atoms with Gasteiger partial charge >= 0.3 is 0 Å². The summed E-state index contributed by atoms with van der Waals surface area (Å²) in [6.07, 6.45) is 10.5. The fraction of sp³-hybridized carbons (Fsp3) is 0.842. The molecule has 3 rings (SSSR count). The lowest BCUT2D eigenvalue weighted by Crippen LogP contribution is -2.62. The Bertz CT molecular complexity index is 452. The molecule has 3 heteroatoms. The Morgan fingerprint density at radius 3 is 2.68 bits per heavy atom. The van der Waals surface area contributed by atoms with E-state index >= 15 is 0 Å². The standard InChI is InChI=1S/C19H30O3/c1-12-17-15(16(21)9-10-19(17,2)18(12)22)8-7-14(20)11-13-5-3-4-6-13/h7-8,12-17,20-21H,3-6,9-11H2,1-2H3/t12?,14-,15+,16-,17-,19+/m1/s1. The van der Waals surface area contributed by atoms with Crippen LogP contribution in [-0.2, 0) is 4.79 Å². The fourth-order valence-electron chi connectivity index (χ4n) is 5.40. The zero-order valence-electron chi connectivity index (χ0n) is 13.9. The number of fused-ring (bicyclic) bond motifs is 1. The van der Waals surface area contributed by atoms with Crippen molar-refractivity contribution in [1.29, 1.82) is 0 Å². The summed E-state index contributed by atoms with van der Waals surface area (Å²) in [6.45, 7) is 4.05. The molecule has 3 aliphatic rings. The molecule has 0 bridgehead atoms. The number of hydrogen-bond acceptors (Lipinski definition) is 3. The van der Waals surface area contributed by atoms with Gasteiger partial charge in [0.25, 0.3) is 0 Å². The number of Topliss-reactive ketones (excluding diaryl/α,β-unsaturated/α-hetero) is 1. The van der Waals surface area contributed by atoms with Crippen molar-refractivity contribution >= 4 is 5.78 Å². The van der Waals surface area contributed by atoms with E-state index in [-0.39, 0.29) is 29.3 Å². The quantitative estimate of drug-likeness (QED) is 0.785. The molecule has 0 heterocycles. The molecule has 1 unspecified atom stereocenters. The van der Waals surface area contributed by atoms with Crippen LogP contribution in [0, 0.1) is 29.1 Å². The van der Waals surface area contributed by atoms with Gasteiger partial charge in [-0.1, -0.05) is 51.7 Å². The summed E-state index contributed by atoms with van der Waals surface area (Å²) in [5.41, 5.74) is -0.246. The first-order valence-electron chi connectivity index (χ1n) is 9.02. The molecule has 3 saturated carbocycles. The van der Waals surface area contributed by atoms with E-state index in [1.54, 1.807) is 0 Å². The maximum absolute atomic E-state index is 12.2. The lowest BCUT2D eigenvalue weighted by Gasteiger charge is -2.57. The second-order valence-electron chi connectivity index (χ2n) is 8.12.